The lowest BCUT2D eigenvalue weighted by atomic mass is 10.3. The lowest BCUT2D eigenvalue weighted by molar-refractivity contribution is -0.279. The van der Waals surface area contributed by atoms with Gasteiger partial charge < -0.3 is 10.6 Å². The summed E-state index contributed by atoms with van der Waals surface area (Å²) in [4.78, 5) is 0. The maximum atomic E-state index is 12.3. The third-order valence-corrected chi connectivity index (χ3v) is 1.62. The molecular formula is C8H15F5N2. The van der Waals surface area contributed by atoms with Gasteiger partial charge in [-0.05, 0) is 0 Å². The van der Waals surface area contributed by atoms with E-state index < -0.39 is 18.6 Å². The quantitative estimate of drug-likeness (QED) is 0.540. The fourth-order valence-electron chi connectivity index (χ4n) is 0.795. The minimum absolute atomic E-state index is 0.0733. The van der Waals surface area contributed by atoms with E-state index in [4.69, 9.17) is 0 Å². The average molecular weight is 234 g/mol. The summed E-state index contributed by atoms with van der Waals surface area (Å²) < 4.78 is 59.6. The number of halogens is 5. The van der Waals surface area contributed by atoms with Crippen molar-refractivity contribution in [3.05, 3.63) is 0 Å². The average Bonchev–Trinajstić information content (AvgIpc) is 2.00. The van der Waals surface area contributed by atoms with Gasteiger partial charge in [0.15, 0.2) is 0 Å². The molecule has 0 bridgehead atoms. The Hall–Kier alpha value is -0.430. The second-order valence-electron chi connectivity index (χ2n) is 3.49. The molecule has 0 heterocycles. The summed E-state index contributed by atoms with van der Waals surface area (Å²) in [5.41, 5.74) is 0. The number of hydrogen-bond donors (Lipinski definition) is 2. The van der Waals surface area contributed by atoms with Crippen molar-refractivity contribution >= 4 is 0 Å². The van der Waals surface area contributed by atoms with E-state index in [9.17, 15) is 22.0 Å². The van der Waals surface area contributed by atoms with Gasteiger partial charge in [-0.2, -0.15) is 22.0 Å². The van der Waals surface area contributed by atoms with Crippen LogP contribution in [0.1, 0.15) is 13.8 Å². The summed E-state index contributed by atoms with van der Waals surface area (Å²) in [5, 5.41) is 4.94. The zero-order valence-electron chi connectivity index (χ0n) is 8.59. The van der Waals surface area contributed by atoms with E-state index >= 15 is 0 Å². The lowest BCUT2D eigenvalue weighted by Crippen LogP contribution is -2.46. The highest BCUT2D eigenvalue weighted by Gasteiger charge is 2.56. The highest BCUT2D eigenvalue weighted by atomic mass is 19.4. The molecule has 2 nitrogen and oxygen atoms in total. The molecule has 0 aromatic rings. The van der Waals surface area contributed by atoms with Crippen LogP contribution >= 0.6 is 0 Å². The molecule has 0 saturated heterocycles. The molecule has 0 aliphatic carbocycles. The first-order chi connectivity index (χ1) is 6.67. The molecule has 2 N–H and O–H groups in total. The van der Waals surface area contributed by atoms with E-state index in [1.165, 1.54) is 0 Å². The Morgan fingerprint density at radius 3 is 1.93 bits per heavy atom. The van der Waals surface area contributed by atoms with Crippen LogP contribution in [0.5, 0.6) is 0 Å². The Labute approximate surface area is 85.2 Å². The van der Waals surface area contributed by atoms with Crippen molar-refractivity contribution in [1.29, 1.82) is 0 Å². The van der Waals surface area contributed by atoms with E-state index in [2.05, 4.69) is 10.6 Å². The van der Waals surface area contributed by atoms with Gasteiger partial charge in [-0.1, -0.05) is 13.8 Å². The van der Waals surface area contributed by atoms with Crippen molar-refractivity contribution in [3.8, 4) is 0 Å². The maximum Gasteiger partial charge on any atom is 0.454 e. The molecule has 0 atom stereocenters. The summed E-state index contributed by atoms with van der Waals surface area (Å²) >= 11 is 0. The Morgan fingerprint density at radius 1 is 1.00 bits per heavy atom. The zero-order valence-corrected chi connectivity index (χ0v) is 8.59. The van der Waals surface area contributed by atoms with Crippen LogP contribution in [0.4, 0.5) is 22.0 Å². The maximum absolute atomic E-state index is 12.3. The Morgan fingerprint density at radius 2 is 1.53 bits per heavy atom. The number of alkyl halides is 5. The topological polar surface area (TPSA) is 24.1 Å². The molecule has 0 radical (unpaired) electrons. The van der Waals surface area contributed by atoms with E-state index in [0.717, 1.165) is 0 Å². The Kier molecular flexibility index (Phi) is 5.44. The van der Waals surface area contributed by atoms with Crippen LogP contribution in [0.25, 0.3) is 0 Å². The third-order valence-electron chi connectivity index (χ3n) is 1.62. The fourth-order valence-corrected chi connectivity index (χ4v) is 0.795. The van der Waals surface area contributed by atoms with Gasteiger partial charge in [-0.15, -0.1) is 0 Å². The second-order valence-corrected chi connectivity index (χ2v) is 3.49. The normalized spacial score (nSPS) is 13.6. The first-order valence-corrected chi connectivity index (χ1v) is 4.55. The van der Waals surface area contributed by atoms with Gasteiger partial charge >= 0.3 is 12.1 Å². The van der Waals surface area contributed by atoms with Crippen molar-refractivity contribution in [2.24, 2.45) is 0 Å². The van der Waals surface area contributed by atoms with Gasteiger partial charge in [0, 0.05) is 19.1 Å². The molecule has 0 amide bonds. The molecule has 0 spiro atoms. The third kappa shape index (κ3) is 5.88. The van der Waals surface area contributed by atoms with Crippen LogP contribution in [-0.2, 0) is 0 Å². The van der Waals surface area contributed by atoms with Crippen molar-refractivity contribution in [2.75, 3.05) is 19.6 Å². The monoisotopic (exact) mass is 234 g/mol. The van der Waals surface area contributed by atoms with E-state index in [-0.39, 0.29) is 12.6 Å². The highest BCUT2D eigenvalue weighted by Crippen LogP contribution is 2.34. The number of rotatable bonds is 6. The van der Waals surface area contributed by atoms with Gasteiger partial charge in [-0.25, -0.2) is 0 Å². The fraction of sp³-hybridized carbons (Fsp3) is 1.00. The van der Waals surface area contributed by atoms with Gasteiger partial charge in [0.05, 0.1) is 6.54 Å². The predicted molar refractivity (Wildman–Crippen MR) is 47.0 cm³/mol. The molecule has 0 fully saturated rings. The van der Waals surface area contributed by atoms with Crippen molar-refractivity contribution in [2.45, 2.75) is 32.0 Å². The summed E-state index contributed by atoms with van der Waals surface area (Å²) in [7, 11) is 0. The highest BCUT2D eigenvalue weighted by molar-refractivity contribution is 4.78. The molecule has 15 heavy (non-hydrogen) atoms. The zero-order chi connectivity index (χ0) is 12.1. The van der Waals surface area contributed by atoms with Crippen molar-refractivity contribution in [1.82, 2.24) is 10.6 Å². The van der Waals surface area contributed by atoms with Gasteiger partial charge in [0.2, 0.25) is 0 Å². The largest absolute Gasteiger partial charge is 0.454 e. The molecule has 0 aromatic carbocycles. The molecular weight excluding hydrogens is 219 g/mol. The molecule has 0 saturated carbocycles. The molecule has 0 aliphatic rings. The van der Waals surface area contributed by atoms with E-state index in [0.29, 0.717) is 6.54 Å². The molecule has 0 unspecified atom stereocenters. The van der Waals surface area contributed by atoms with Crippen LogP contribution in [-0.4, -0.2) is 37.8 Å². The molecule has 0 aliphatic heterocycles. The predicted octanol–water partition coefficient (Wildman–Crippen LogP) is 1.77. The SMILES string of the molecule is CC(C)NCCNCC(F)(F)C(F)(F)F. The Bertz CT molecular complexity index is 178. The second kappa shape index (κ2) is 5.60. The van der Waals surface area contributed by atoms with Gasteiger partial charge in [-0.3, -0.25) is 0 Å². The smallest absolute Gasteiger partial charge is 0.313 e. The van der Waals surface area contributed by atoms with Crippen LogP contribution in [0.15, 0.2) is 0 Å². The summed E-state index contributed by atoms with van der Waals surface area (Å²) in [5.74, 6) is -4.66. The number of nitrogens with one attached hydrogen (secondary N) is 2. The van der Waals surface area contributed by atoms with Gasteiger partial charge in [0.25, 0.3) is 0 Å². The molecule has 7 heteroatoms. The molecule has 0 rings (SSSR count). The first kappa shape index (κ1) is 14.6. The summed E-state index contributed by atoms with van der Waals surface area (Å²) in [6.45, 7) is 2.75. The summed E-state index contributed by atoms with van der Waals surface area (Å²) in [6.07, 6.45) is -5.48. The van der Waals surface area contributed by atoms with Crippen molar-refractivity contribution in [3.63, 3.8) is 0 Å². The van der Waals surface area contributed by atoms with Crippen LogP contribution in [0.3, 0.4) is 0 Å². The van der Waals surface area contributed by atoms with Crippen molar-refractivity contribution < 1.29 is 22.0 Å². The summed E-state index contributed by atoms with van der Waals surface area (Å²) in [6, 6.07) is 0.176. The van der Waals surface area contributed by atoms with E-state index in [1.807, 2.05) is 13.8 Å². The van der Waals surface area contributed by atoms with E-state index in [1.54, 1.807) is 0 Å². The lowest BCUT2D eigenvalue weighted by Gasteiger charge is -2.20. The Balaban J connectivity index is 3.68. The van der Waals surface area contributed by atoms with Crippen LogP contribution < -0.4 is 10.6 Å². The minimum Gasteiger partial charge on any atom is -0.313 e. The van der Waals surface area contributed by atoms with Crippen LogP contribution in [0, 0.1) is 0 Å². The minimum atomic E-state index is -5.48. The molecule has 0 aromatic heterocycles. The van der Waals surface area contributed by atoms with Gasteiger partial charge in [0.1, 0.15) is 0 Å². The molecule has 92 valence electrons. The first-order valence-electron chi connectivity index (χ1n) is 4.55. The standard InChI is InChI=1S/C8H15F5N2/c1-6(2)15-4-3-14-5-7(9,10)8(11,12)13/h6,14-15H,3-5H2,1-2H3. The number of hydrogen-bond acceptors (Lipinski definition) is 2. The van der Waals surface area contributed by atoms with Crippen LogP contribution in [0.2, 0.25) is 0 Å².